The van der Waals surface area contributed by atoms with E-state index in [4.69, 9.17) is 9.97 Å². The van der Waals surface area contributed by atoms with E-state index in [1.807, 2.05) is 41.2 Å². The molecule has 0 unspecified atom stereocenters. The molecule has 0 saturated heterocycles. The molecule has 0 N–H and O–H groups in total. The fraction of sp³-hybridized carbons (Fsp3) is 0.238. The van der Waals surface area contributed by atoms with Gasteiger partial charge >= 0.3 is 0 Å². The van der Waals surface area contributed by atoms with Crippen LogP contribution in [-0.4, -0.2) is 24.7 Å². The maximum atomic E-state index is 4.91. The Bertz CT molecular complexity index is 1210. The van der Waals surface area contributed by atoms with E-state index in [-0.39, 0.29) is 0 Å². The van der Waals surface area contributed by atoms with E-state index >= 15 is 0 Å². The van der Waals surface area contributed by atoms with Gasteiger partial charge in [-0.25, -0.2) is 9.97 Å². The van der Waals surface area contributed by atoms with Crippen LogP contribution in [0.3, 0.4) is 0 Å². The summed E-state index contributed by atoms with van der Waals surface area (Å²) in [5, 5.41) is 11.3. The van der Waals surface area contributed by atoms with Crippen molar-refractivity contribution in [1.82, 2.24) is 24.7 Å². The van der Waals surface area contributed by atoms with Crippen LogP contribution in [-0.2, 0) is 19.9 Å². The van der Waals surface area contributed by atoms with Crippen LogP contribution in [0.25, 0.3) is 22.4 Å². The quantitative estimate of drug-likeness (QED) is 0.344. The van der Waals surface area contributed by atoms with Crippen molar-refractivity contribution >= 4 is 61.4 Å². The summed E-state index contributed by atoms with van der Waals surface area (Å²) in [4.78, 5) is 12.3. The lowest BCUT2D eigenvalue weighted by atomic mass is 9.97. The van der Waals surface area contributed by atoms with Gasteiger partial charge in [0.05, 0.1) is 0 Å². The maximum absolute atomic E-state index is 4.91. The molecular weight excluding hydrogens is 466 g/mol. The molecule has 8 heteroatoms. The molecule has 0 atom stereocenters. The van der Waals surface area contributed by atoms with Crippen LogP contribution in [0.15, 0.2) is 45.2 Å². The Labute approximate surface area is 185 Å². The first-order valence-electron chi connectivity index (χ1n) is 9.45. The Morgan fingerprint density at radius 2 is 1.93 bits per heavy atom. The third-order valence-corrected chi connectivity index (χ3v) is 7.71. The van der Waals surface area contributed by atoms with Crippen LogP contribution in [0.1, 0.15) is 34.7 Å². The van der Waals surface area contributed by atoms with Gasteiger partial charge in [-0.3, -0.25) is 0 Å². The smallest absolute Gasteiger partial charge is 0.197 e. The molecule has 1 aliphatic carbocycles. The van der Waals surface area contributed by atoms with Gasteiger partial charge in [0, 0.05) is 21.8 Å². The summed E-state index contributed by atoms with van der Waals surface area (Å²) in [7, 11) is 1.96. The molecule has 0 spiro atoms. The Morgan fingerprint density at radius 3 is 2.72 bits per heavy atom. The van der Waals surface area contributed by atoms with Gasteiger partial charge in [-0.1, -0.05) is 34.1 Å². The molecule has 0 bridgehead atoms. The van der Waals surface area contributed by atoms with Gasteiger partial charge in [0.2, 0.25) is 0 Å². The summed E-state index contributed by atoms with van der Waals surface area (Å²) in [5.74, 6) is 0.726. The molecule has 4 aromatic rings. The van der Waals surface area contributed by atoms with Crippen LogP contribution in [0.2, 0.25) is 0 Å². The largest absolute Gasteiger partial charge is 0.311 e. The lowest BCUT2D eigenvalue weighted by Gasteiger charge is -2.11. The van der Waals surface area contributed by atoms with Crippen molar-refractivity contribution in [1.29, 1.82) is 0 Å². The van der Waals surface area contributed by atoms with Gasteiger partial charge in [0.25, 0.3) is 0 Å². The first kappa shape index (κ1) is 19.0. The zero-order chi connectivity index (χ0) is 19.8. The highest BCUT2D eigenvalue weighted by Crippen LogP contribution is 2.41. The number of halogens is 1. The standard InChI is InChI=1S/C21H18BrN5S2/c1-27-12-23-26-21(27)29-20-18-15-4-2-3-5-16(15)28-19(18)24-17(25-20)11-8-13-6-9-14(22)10-7-13/h6-12H,2-5H2,1H3/b11-8+. The molecule has 0 amide bonds. The van der Waals surface area contributed by atoms with Crippen LogP contribution in [0, 0.1) is 0 Å². The molecule has 0 saturated carbocycles. The zero-order valence-corrected chi connectivity index (χ0v) is 19.0. The number of fused-ring (bicyclic) bond motifs is 3. The van der Waals surface area contributed by atoms with E-state index in [0.29, 0.717) is 0 Å². The highest BCUT2D eigenvalue weighted by atomic mass is 79.9. The molecular formula is C21H18BrN5S2. The molecule has 146 valence electrons. The Kier molecular flexibility index (Phi) is 5.24. The predicted molar refractivity (Wildman–Crippen MR) is 122 cm³/mol. The van der Waals surface area contributed by atoms with Crippen molar-refractivity contribution in [3.63, 3.8) is 0 Å². The normalized spacial score (nSPS) is 14.0. The number of aromatic nitrogens is 5. The molecule has 0 radical (unpaired) electrons. The Balaban J connectivity index is 1.60. The van der Waals surface area contributed by atoms with E-state index in [1.165, 1.54) is 28.7 Å². The van der Waals surface area contributed by atoms with Crippen LogP contribution in [0.5, 0.6) is 0 Å². The highest BCUT2D eigenvalue weighted by molar-refractivity contribution is 9.10. The van der Waals surface area contributed by atoms with Gasteiger partial charge in [0.1, 0.15) is 16.2 Å². The van der Waals surface area contributed by atoms with Gasteiger partial charge in [-0.2, -0.15) is 0 Å². The molecule has 29 heavy (non-hydrogen) atoms. The molecule has 3 heterocycles. The van der Waals surface area contributed by atoms with Crippen LogP contribution < -0.4 is 0 Å². The number of hydrogen-bond donors (Lipinski definition) is 0. The van der Waals surface area contributed by atoms with E-state index in [0.717, 1.165) is 43.7 Å². The van der Waals surface area contributed by atoms with Crippen molar-refractivity contribution in [2.75, 3.05) is 0 Å². The monoisotopic (exact) mass is 483 g/mol. The molecule has 3 aromatic heterocycles. The van der Waals surface area contributed by atoms with Crippen LogP contribution >= 0.6 is 39.0 Å². The number of benzene rings is 1. The fourth-order valence-electron chi connectivity index (χ4n) is 3.48. The summed E-state index contributed by atoms with van der Waals surface area (Å²) in [6, 6.07) is 8.20. The minimum Gasteiger partial charge on any atom is -0.311 e. The van der Waals surface area contributed by atoms with E-state index < -0.39 is 0 Å². The van der Waals surface area contributed by atoms with Gasteiger partial charge in [0.15, 0.2) is 11.0 Å². The molecule has 5 rings (SSSR count). The summed E-state index contributed by atoms with van der Waals surface area (Å²) in [6.45, 7) is 0. The predicted octanol–water partition coefficient (Wildman–Crippen LogP) is 5.78. The lowest BCUT2D eigenvalue weighted by molar-refractivity contribution is 0.699. The zero-order valence-electron chi connectivity index (χ0n) is 15.8. The highest BCUT2D eigenvalue weighted by Gasteiger charge is 2.22. The summed E-state index contributed by atoms with van der Waals surface area (Å²) < 4.78 is 2.99. The molecule has 0 aliphatic heterocycles. The average Bonchev–Trinajstić information content (AvgIpc) is 3.30. The maximum Gasteiger partial charge on any atom is 0.197 e. The summed E-state index contributed by atoms with van der Waals surface area (Å²) >= 11 is 6.87. The number of aryl methyl sites for hydroxylation is 3. The number of nitrogens with zero attached hydrogens (tertiary/aromatic N) is 5. The van der Waals surface area contributed by atoms with Crippen LogP contribution in [0.4, 0.5) is 0 Å². The topological polar surface area (TPSA) is 56.5 Å². The SMILES string of the molecule is Cn1cnnc1Sc1nc(/C=C/c2ccc(Br)cc2)nc2sc3c(c12)CCCC3. The first-order valence-corrected chi connectivity index (χ1v) is 11.9. The second-order valence-corrected chi connectivity index (χ2v) is 9.94. The minimum absolute atomic E-state index is 0.726. The molecule has 1 aliphatic rings. The number of rotatable bonds is 4. The van der Waals surface area contributed by atoms with Gasteiger partial charge in [-0.15, -0.1) is 21.5 Å². The Hall–Kier alpha value is -2.03. The van der Waals surface area contributed by atoms with Crippen molar-refractivity contribution in [3.8, 4) is 0 Å². The Morgan fingerprint density at radius 1 is 1.10 bits per heavy atom. The number of thiophene rings is 1. The van der Waals surface area contributed by atoms with Crippen molar-refractivity contribution in [3.05, 3.63) is 56.9 Å². The number of hydrogen-bond acceptors (Lipinski definition) is 6. The van der Waals surface area contributed by atoms with Crippen molar-refractivity contribution in [2.45, 2.75) is 35.9 Å². The molecule has 0 fully saturated rings. The first-order chi connectivity index (χ1) is 14.2. The molecule has 1 aromatic carbocycles. The van der Waals surface area contributed by atoms with Crippen molar-refractivity contribution < 1.29 is 0 Å². The second kappa shape index (κ2) is 8.01. The lowest BCUT2D eigenvalue weighted by Crippen LogP contribution is -2.00. The third-order valence-electron chi connectivity index (χ3n) is 4.95. The fourth-order valence-corrected chi connectivity index (χ4v) is 5.99. The van der Waals surface area contributed by atoms with E-state index in [2.05, 4.69) is 44.3 Å². The minimum atomic E-state index is 0.726. The van der Waals surface area contributed by atoms with E-state index in [9.17, 15) is 0 Å². The van der Waals surface area contributed by atoms with Gasteiger partial charge < -0.3 is 4.57 Å². The molecule has 5 nitrogen and oxygen atoms in total. The summed E-state index contributed by atoms with van der Waals surface area (Å²) in [6.07, 6.45) is 10.5. The average molecular weight is 484 g/mol. The van der Waals surface area contributed by atoms with Crippen molar-refractivity contribution in [2.24, 2.45) is 7.05 Å². The second-order valence-electron chi connectivity index (χ2n) is 6.99. The summed E-state index contributed by atoms with van der Waals surface area (Å²) in [5.41, 5.74) is 2.55. The van der Waals surface area contributed by atoms with E-state index in [1.54, 1.807) is 18.1 Å². The third kappa shape index (κ3) is 3.89. The van der Waals surface area contributed by atoms with Gasteiger partial charge in [-0.05, 0) is 66.8 Å².